The number of terminal acetylenes is 1. The van der Waals surface area contributed by atoms with Gasteiger partial charge in [0.25, 0.3) is 0 Å². The van der Waals surface area contributed by atoms with Crippen molar-refractivity contribution in [1.82, 2.24) is 0 Å². The number of carbonyl (C=O) groups is 1. The van der Waals surface area contributed by atoms with E-state index < -0.39 is 24.5 Å². The Balaban J connectivity index is 2.64. The van der Waals surface area contributed by atoms with Gasteiger partial charge in [0.15, 0.2) is 6.10 Å². The van der Waals surface area contributed by atoms with Gasteiger partial charge < -0.3 is 14.6 Å². The van der Waals surface area contributed by atoms with Gasteiger partial charge in [0.2, 0.25) is 12.4 Å². The Bertz CT molecular complexity index is 205. The van der Waals surface area contributed by atoms with Crippen molar-refractivity contribution < 1.29 is 19.4 Å². The Labute approximate surface area is 64.1 Å². The third-order valence-corrected chi connectivity index (χ3v) is 1.34. The first-order chi connectivity index (χ1) is 5.15. The van der Waals surface area contributed by atoms with Crippen LogP contribution in [-0.4, -0.2) is 29.6 Å². The van der Waals surface area contributed by atoms with Gasteiger partial charge in [-0.1, -0.05) is 5.92 Å². The number of hydrogen-bond acceptors (Lipinski definition) is 4. The van der Waals surface area contributed by atoms with Crippen LogP contribution in [0.5, 0.6) is 0 Å². The Kier molecular flexibility index (Phi) is 2.13. The molecule has 0 amide bonds. The molecule has 0 spiro atoms. The molecule has 11 heavy (non-hydrogen) atoms. The molecule has 0 bridgehead atoms. The molecule has 1 rings (SSSR count). The predicted molar refractivity (Wildman–Crippen MR) is 35.3 cm³/mol. The van der Waals surface area contributed by atoms with Crippen LogP contribution >= 0.6 is 0 Å². The van der Waals surface area contributed by atoms with Crippen LogP contribution < -0.4 is 0 Å². The minimum atomic E-state index is -1.20. The van der Waals surface area contributed by atoms with E-state index in [4.69, 9.17) is 16.3 Å². The van der Waals surface area contributed by atoms with Gasteiger partial charge in [-0.05, 0) is 6.92 Å². The van der Waals surface area contributed by atoms with E-state index in [1.54, 1.807) is 0 Å². The van der Waals surface area contributed by atoms with E-state index in [0.717, 1.165) is 0 Å². The fourth-order valence-corrected chi connectivity index (χ4v) is 0.732. The van der Waals surface area contributed by atoms with Crippen LogP contribution in [0.25, 0.3) is 0 Å². The summed E-state index contributed by atoms with van der Waals surface area (Å²) in [5.74, 6) is 1.54. The summed E-state index contributed by atoms with van der Waals surface area (Å²) in [5, 5.41) is 9.02. The lowest BCUT2D eigenvalue weighted by Crippen LogP contribution is -2.44. The van der Waals surface area contributed by atoms with Gasteiger partial charge >= 0.3 is 5.97 Å². The summed E-state index contributed by atoms with van der Waals surface area (Å²) in [7, 11) is 0. The zero-order chi connectivity index (χ0) is 8.43. The summed E-state index contributed by atoms with van der Waals surface area (Å²) in [6.07, 6.45) is 2.02. The smallest absolute Gasteiger partial charge is 0.336 e. The predicted octanol–water partition coefficient (Wildman–Crippen LogP) is -0.732. The van der Waals surface area contributed by atoms with Crippen LogP contribution in [0.1, 0.15) is 6.92 Å². The molecule has 1 aliphatic rings. The van der Waals surface area contributed by atoms with Gasteiger partial charge in [-0.2, -0.15) is 0 Å². The molecular formula is C7H8O4. The first kappa shape index (κ1) is 8.05. The van der Waals surface area contributed by atoms with Crippen LogP contribution in [-0.2, 0) is 14.3 Å². The van der Waals surface area contributed by atoms with Crippen molar-refractivity contribution in [3.63, 3.8) is 0 Å². The largest absolute Gasteiger partial charge is 0.442 e. The highest BCUT2D eigenvalue weighted by Gasteiger charge is 2.33. The van der Waals surface area contributed by atoms with Gasteiger partial charge in [-0.15, -0.1) is 6.42 Å². The SMILES string of the molecule is C#C[C@@H]1OC(=O)[C@H](C)OC1O. The average molecular weight is 156 g/mol. The molecule has 3 atom stereocenters. The third kappa shape index (κ3) is 1.50. The van der Waals surface area contributed by atoms with Gasteiger partial charge in [0, 0.05) is 0 Å². The van der Waals surface area contributed by atoms with Gasteiger partial charge in [-0.3, -0.25) is 0 Å². The molecule has 0 aromatic heterocycles. The standard InChI is InChI=1S/C7H8O4/c1-3-5-7(9)10-4(2)6(8)11-5/h1,4-5,7,9H,2H3/t4-,5-,7?/m0/s1. The second kappa shape index (κ2) is 2.91. The Morgan fingerprint density at radius 3 is 2.91 bits per heavy atom. The van der Waals surface area contributed by atoms with Crippen molar-refractivity contribution in [2.45, 2.75) is 25.4 Å². The van der Waals surface area contributed by atoms with E-state index in [2.05, 4.69) is 10.7 Å². The molecule has 0 aromatic carbocycles. The first-order valence-electron chi connectivity index (χ1n) is 3.15. The van der Waals surface area contributed by atoms with Gasteiger partial charge in [-0.25, -0.2) is 4.79 Å². The van der Waals surface area contributed by atoms with Crippen molar-refractivity contribution in [2.75, 3.05) is 0 Å². The van der Waals surface area contributed by atoms with E-state index >= 15 is 0 Å². The lowest BCUT2D eigenvalue weighted by Gasteiger charge is -2.27. The maximum atomic E-state index is 10.8. The number of cyclic esters (lactones) is 1. The van der Waals surface area contributed by atoms with Crippen LogP contribution in [0.2, 0.25) is 0 Å². The third-order valence-electron chi connectivity index (χ3n) is 1.34. The number of esters is 1. The zero-order valence-corrected chi connectivity index (χ0v) is 5.98. The average Bonchev–Trinajstić information content (AvgIpc) is 1.97. The first-order valence-corrected chi connectivity index (χ1v) is 3.15. The summed E-state index contributed by atoms with van der Waals surface area (Å²) in [6.45, 7) is 1.48. The van der Waals surface area contributed by atoms with E-state index in [0.29, 0.717) is 0 Å². The zero-order valence-electron chi connectivity index (χ0n) is 5.98. The number of ether oxygens (including phenoxy) is 2. The summed E-state index contributed by atoms with van der Waals surface area (Å²) < 4.78 is 9.35. The number of aliphatic hydroxyl groups excluding tert-OH is 1. The molecule has 1 fully saturated rings. The Hall–Kier alpha value is -1.05. The van der Waals surface area contributed by atoms with Crippen LogP contribution in [0.15, 0.2) is 0 Å². The molecule has 0 saturated carbocycles. The highest BCUT2D eigenvalue weighted by Crippen LogP contribution is 2.12. The van der Waals surface area contributed by atoms with Gasteiger partial charge in [0.05, 0.1) is 0 Å². The summed E-state index contributed by atoms with van der Waals surface area (Å²) in [6, 6.07) is 0. The second-order valence-electron chi connectivity index (χ2n) is 2.19. The maximum Gasteiger partial charge on any atom is 0.336 e. The summed E-state index contributed by atoms with van der Waals surface area (Å²) >= 11 is 0. The van der Waals surface area contributed by atoms with Crippen molar-refractivity contribution in [1.29, 1.82) is 0 Å². The topological polar surface area (TPSA) is 55.8 Å². The molecule has 1 unspecified atom stereocenters. The molecule has 0 aliphatic carbocycles. The highest BCUT2D eigenvalue weighted by atomic mass is 16.7. The van der Waals surface area contributed by atoms with Gasteiger partial charge in [0.1, 0.15) is 0 Å². The fraction of sp³-hybridized carbons (Fsp3) is 0.571. The summed E-state index contributed by atoms with van der Waals surface area (Å²) in [5.41, 5.74) is 0. The molecule has 1 heterocycles. The molecule has 1 aliphatic heterocycles. The van der Waals surface area contributed by atoms with E-state index in [-0.39, 0.29) is 0 Å². The van der Waals surface area contributed by atoms with Crippen LogP contribution in [0.3, 0.4) is 0 Å². The van der Waals surface area contributed by atoms with E-state index in [9.17, 15) is 4.79 Å². The molecule has 1 N–H and O–H groups in total. The minimum absolute atomic E-state index is 0.543. The summed E-state index contributed by atoms with van der Waals surface area (Å²) in [4.78, 5) is 10.8. The van der Waals surface area contributed by atoms with Crippen molar-refractivity contribution in [3.05, 3.63) is 0 Å². The number of aliphatic hydroxyl groups is 1. The number of carbonyl (C=O) groups excluding carboxylic acids is 1. The van der Waals surface area contributed by atoms with E-state index in [1.165, 1.54) is 6.92 Å². The van der Waals surface area contributed by atoms with Crippen LogP contribution in [0.4, 0.5) is 0 Å². The lowest BCUT2D eigenvalue weighted by molar-refractivity contribution is -0.231. The second-order valence-corrected chi connectivity index (χ2v) is 2.19. The Morgan fingerprint density at radius 1 is 1.73 bits per heavy atom. The molecule has 0 radical (unpaired) electrons. The van der Waals surface area contributed by atoms with Crippen molar-refractivity contribution >= 4 is 5.97 Å². The highest BCUT2D eigenvalue weighted by molar-refractivity contribution is 5.75. The number of rotatable bonds is 0. The molecular weight excluding hydrogens is 148 g/mol. The molecule has 4 nitrogen and oxygen atoms in total. The fourth-order valence-electron chi connectivity index (χ4n) is 0.732. The minimum Gasteiger partial charge on any atom is -0.442 e. The number of hydrogen-bond donors (Lipinski definition) is 1. The van der Waals surface area contributed by atoms with Crippen molar-refractivity contribution in [3.8, 4) is 12.3 Å². The molecule has 60 valence electrons. The van der Waals surface area contributed by atoms with Crippen molar-refractivity contribution in [2.24, 2.45) is 0 Å². The molecule has 4 heteroatoms. The maximum absolute atomic E-state index is 10.8. The monoisotopic (exact) mass is 156 g/mol. The Morgan fingerprint density at radius 2 is 2.36 bits per heavy atom. The molecule has 1 saturated heterocycles. The molecule has 0 aromatic rings. The van der Waals surface area contributed by atoms with E-state index in [1.807, 2.05) is 0 Å². The normalized spacial score (nSPS) is 37.5. The van der Waals surface area contributed by atoms with Crippen LogP contribution in [0, 0.1) is 12.3 Å². The lowest BCUT2D eigenvalue weighted by atomic mass is 10.3. The quantitative estimate of drug-likeness (QED) is 0.371.